The number of thioether (sulfide) groups is 1. The summed E-state index contributed by atoms with van der Waals surface area (Å²) in [4.78, 5) is 36.6. The van der Waals surface area contributed by atoms with Crippen molar-refractivity contribution in [2.24, 2.45) is 0 Å². The molecule has 1 heterocycles. The van der Waals surface area contributed by atoms with E-state index in [0.29, 0.717) is 17.1 Å². The molecule has 27 heavy (non-hydrogen) atoms. The first kappa shape index (κ1) is 18.8. The average molecular weight is 387 g/mol. The molecule has 140 valence electrons. The van der Waals surface area contributed by atoms with E-state index >= 15 is 0 Å². The van der Waals surface area contributed by atoms with E-state index in [1.807, 2.05) is 30.3 Å². The van der Waals surface area contributed by atoms with Gasteiger partial charge in [0.25, 0.3) is 5.91 Å². The second kappa shape index (κ2) is 8.59. The van der Waals surface area contributed by atoms with Crippen LogP contribution in [0.1, 0.15) is 17.3 Å². The Morgan fingerprint density at radius 2 is 1.81 bits per heavy atom. The molecule has 0 unspecified atom stereocenters. The lowest BCUT2D eigenvalue weighted by molar-refractivity contribution is -0.144. The van der Waals surface area contributed by atoms with Crippen molar-refractivity contribution in [3.05, 3.63) is 48.0 Å². The highest BCUT2D eigenvalue weighted by atomic mass is 32.2. The van der Waals surface area contributed by atoms with Crippen molar-refractivity contribution in [3.63, 3.8) is 0 Å². The molecule has 0 saturated carbocycles. The largest absolute Gasteiger partial charge is 0.455 e. The number of hydrogen-bond donors (Lipinski definition) is 1. The van der Waals surface area contributed by atoms with Crippen LogP contribution in [0.5, 0.6) is 11.5 Å². The summed E-state index contributed by atoms with van der Waals surface area (Å²) >= 11 is 1.32. The molecule has 3 rings (SSSR count). The van der Waals surface area contributed by atoms with Crippen molar-refractivity contribution in [3.8, 4) is 11.5 Å². The second-order valence-corrected chi connectivity index (χ2v) is 6.67. The van der Waals surface area contributed by atoms with E-state index < -0.39 is 18.5 Å². The van der Waals surface area contributed by atoms with Crippen molar-refractivity contribution in [2.75, 3.05) is 24.5 Å². The number of esters is 1. The molecule has 0 spiro atoms. The standard InChI is InChI=1S/C19H17NO6S/c1-12(21)14-7-16-17(26-11-25-16)8-15(14)20-18(22)9-24-19(23)10-27-13-5-3-2-4-6-13/h2-8H,9-11H2,1H3,(H,20,22). The van der Waals surface area contributed by atoms with Crippen molar-refractivity contribution >= 4 is 35.1 Å². The number of ether oxygens (including phenoxy) is 3. The van der Waals surface area contributed by atoms with Gasteiger partial charge in [-0.2, -0.15) is 0 Å². The molecule has 0 radical (unpaired) electrons. The number of anilines is 1. The maximum absolute atomic E-state index is 12.1. The Morgan fingerprint density at radius 3 is 2.52 bits per heavy atom. The van der Waals surface area contributed by atoms with E-state index in [1.54, 1.807) is 0 Å². The van der Waals surface area contributed by atoms with E-state index in [1.165, 1.54) is 30.8 Å². The second-order valence-electron chi connectivity index (χ2n) is 5.62. The molecule has 0 saturated heterocycles. The molecule has 1 amide bonds. The van der Waals surface area contributed by atoms with Crippen LogP contribution in [0.3, 0.4) is 0 Å². The van der Waals surface area contributed by atoms with Gasteiger partial charge in [0.05, 0.1) is 11.4 Å². The molecule has 1 N–H and O–H groups in total. The molecule has 0 aromatic heterocycles. The highest BCUT2D eigenvalue weighted by Gasteiger charge is 2.20. The molecule has 1 aliphatic rings. The molecule has 1 aliphatic heterocycles. The molecule has 8 heteroatoms. The van der Waals surface area contributed by atoms with Gasteiger partial charge in [0, 0.05) is 16.5 Å². The minimum absolute atomic E-state index is 0.0563. The first-order valence-electron chi connectivity index (χ1n) is 8.11. The third-order valence-electron chi connectivity index (χ3n) is 3.63. The average Bonchev–Trinajstić information content (AvgIpc) is 3.12. The lowest BCUT2D eigenvalue weighted by atomic mass is 10.1. The molecule has 7 nitrogen and oxygen atoms in total. The molecule has 0 aliphatic carbocycles. The SMILES string of the molecule is CC(=O)c1cc2c(cc1NC(=O)COC(=O)CSc1ccccc1)OCO2. The van der Waals surface area contributed by atoms with Crippen LogP contribution in [0.4, 0.5) is 5.69 Å². The maximum Gasteiger partial charge on any atom is 0.316 e. The Kier molecular flexibility index (Phi) is 5.97. The number of hydrogen-bond acceptors (Lipinski definition) is 7. The van der Waals surface area contributed by atoms with Crippen LogP contribution in [-0.4, -0.2) is 36.8 Å². The van der Waals surface area contributed by atoms with E-state index in [0.717, 1.165) is 4.90 Å². The topological polar surface area (TPSA) is 90.9 Å². The highest BCUT2D eigenvalue weighted by molar-refractivity contribution is 8.00. The number of ketones is 1. The van der Waals surface area contributed by atoms with E-state index in [2.05, 4.69) is 5.32 Å². The van der Waals surface area contributed by atoms with E-state index in [4.69, 9.17) is 14.2 Å². The van der Waals surface area contributed by atoms with Crippen LogP contribution in [0.25, 0.3) is 0 Å². The Hall–Kier alpha value is -3.00. The predicted molar refractivity (Wildman–Crippen MR) is 99.3 cm³/mol. The van der Waals surface area contributed by atoms with Crippen LogP contribution < -0.4 is 14.8 Å². The number of Topliss-reactive ketones (excluding diaryl/α,β-unsaturated/α-hetero) is 1. The quantitative estimate of drug-likeness (QED) is 0.444. The van der Waals surface area contributed by atoms with Gasteiger partial charge < -0.3 is 19.5 Å². The molecule has 2 aromatic carbocycles. The van der Waals surface area contributed by atoms with Crippen molar-refractivity contribution < 1.29 is 28.6 Å². The number of benzene rings is 2. The minimum Gasteiger partial charge on any atom is -0.455 e. The van der Waals surface area contributed by atoms with Gasteiger partial charge >= 0.3 is 5.97 Å². The maximum atomic E-state index is 12.1. The smallest absolute Gasteiger partial charge is 0.316 e. The molecular weight excluding hydrogens is 370 g/mol. The summed E-state index contributed by atoms with van der Waals surface area (Å²) < 4.78 is 15.5. The molecule has 0 bridgehead atoms. The number of carbonyl (C=O) groups is 3. The first-order chi connectivity index (χ1) is 13.0. The summed E-state index contributed by atoms with van der Waals surface area (Å²) in [5, 5.41) is 2.57. The summed E-state index contributed by atoms with van der Waals surface area (Å²) in [7, 11) is 0. The highest BCUT2D eigenvalue weighted by Crippen LogP contribution is 2.37. The van der Waals surface area contributed by atoms with Crippen LogP contribution >= 0.6 is 11.8 Å². The Labute approximate surface area is 160 Å². The van der Waals surface area contributed by atoms with Gasteiger partial charge in [-0.15, -0.1) is 11.8 Å². The normalized spacial score (nSPS) is 11.7. The van der Waals surface area contributed by atoms with Gasteiger partial charge in [0.15, 0.2) is 23.9 Å². The van der Waals surface area contributed by atoms with Crippen LogP contribution in [0.15, 0.2) is 47.4 Å². The zero-order valence-corrected chi connectivity index (χ0v) is 15.3. The predicted octanol–water partition coefficient (Wildman–Crippen LogP) is 2.89. The lowest BCUT2D eigenvalue weighted by Crippen LogP contribution is -2.22. The molecule has 0 atom stereocenters. The summed E-state index contributed by atoms with van der Waals surface area (Å²) in [6.07, 6.45) is 0. The van der Waals surface area contributed by atoms with E-state index in [9.17, 15) is 14.4 Å². The summed E-state index contributed by atoms with van der Waals surface area (Å²) in [5.41, 5.74) is 0.574. The van der Waals surface area contributed by atoms with Crippen LogP contribution in [-0.2, 0) is 14.3 Å². The summed E-state index contributed by atoms with van der Waals surface area (Å²) in [6, 6.07) is 12.4. The van der Waals surface area contributed by atoms with Gasteiger partial charge in [-0.3, -0.25) is 14.4 Å². The van der Waals surface area contributed by atoms with Crippen molar-refractivity contribution in [1.29, 1.82) is 0 Å². The van der Waals surface area contributed by atoms with Crippen molar-refractivity contribution in [2.45, 2.75) is 11.8 Å². The number of nitrogens with one attached hydrogen (secondary N) is 1. The van der Waals surface area contributed by atoms with Gasteiger partial charge in [-0.05, 0) is 25.1 Å². The fraction of sp³-hybridized carbons (Fsp3) is 0.211. The number of carbonyl (C=O) groups excluding carboxylic acids is 3. The Bertz CT molecular complexity index is 868. The summed E-state index contributed by atoms with van der Waals surface area (Å²) in [6.45, 7) is 0.995. The van der Waals surface area contributed by atoms with Gasteiger partial charge in [0.2, 0.25) is 6.79 Å². The number of amides is 1. The molecule has 2 aromatic rings. The third kappa shape index (κ3) is 5.01. The fourth-order valence-corrected chi connectivity index (χ4v) is 3.09. The Balaban J connectivity index is 1.53. The van der Waals surface area contributed by atoms with Gasteiger partial charge in [-0.1, -0.05) is 18.2 Å². The van der Waals surface area contributed by atoms with Gasteiger partial charge in [-0.25, -0.2) is 0 Å². The minimum atomic E-state index is -0.547. The van der Waals surface area contributed by atoms with Gasteiger partial charge in [0.1, 0.15) is 0 Å². The first-order valence-corrected chi connectivity index (χ1v) is 9.09. The monoisotopic (exact) mass is 387 g/mol. The van der Waals surface area contributed by atoms with Crippen LogP contribution in [0.2, 0.25) is 0 Å². The zero-order valence-electron chi connectivity index (χ0n) is 14.5. The number of rotatable bonds is 7. The Morgan fingerprint density at radius 1 is 1.11 bits per heavy atom. The molecule has 0 fully saturated rings. The zero-order chi connectivity index (χ0) is 19.2. The number of fused-ring (bicyclic) bond motifs is 1. The third-order valence-corrected chi connectivity index (χ3v) is 4.62. The summed E-state index contributed by atoms with van der Waals surface area (Å²) in [5.74, 6) is -0.306. The fourth-order valence-electron chi connectivity index (χ4n) is 2.37. The molecular formula is C19H17NO6S. The van der Waals surface area contributed by atoms with Crippen LogP contribution in [0, 0.1) is 0 Å². The van der Waals surface area contributed by atoms with Crippen molar-refractivity contribution in [1.82, 2.24) is 0 Å². The lowest BCUT2D eigenvalue weighted by Gasteiger charge is -2.11. The van der Waals surface area contributed by atoms with E-state index in [-0.39, 0.29) is 24.0 Å².